The molecule has 0 radical (unpaired) electrons. The van der Waals surface area contributed by atoms with Crippen LogP contribution in [0.5, 0.6) is 0 Å². The molecule has 0 bridgehead atoms. The molecule has 2 heterocycles. The number of aryl methyl sites for hydroxylation is 1. The predicted octanol–water partition coefficient (Wildman–Crippen LogP) is 3.49. The number of fused-ring (bicyclic) bond motifs is 1. The van der Waals surface area contributed by atoms with Crippen LogP contribution in [-0.2, 0) is 22.2 Å². The van der Waals surface area contributed by atoms with Gasteiger partial charge < -0.3 is 4.90 Å². The molecule has 1 saturated heterocycles. The smallest absolute Gasteiger partial charge is 0.239 e. The van der Waals surface area contributed by atoms with Gasteiger partial charge in [-0.25, -0.2) is 8.42 Å². The van der Waals surface area contributed by atoms with Gasteiger partial charge in [-0.05, 0) is 49.4 Å². The van der Waals surface area contributed by atoms with Gasteiger partial charge in [0.2, 0.25) is 10.0 Å². The van der Waals surface area contributed by atoms with Gasteiger partial charge in [0, 0.05) is 25.3 Å². The van der Waals surface area contributed by atoms with Crippen LogP contribution in [0.3, 0.4) is 0 Å². The lowest BCUT2D eigenvalue weighted by molar-refractivity contribution is 0.591. The number of sulfonamides is 1. The largest absolute Gasteiger partial charge is 0.371 e. The Bertz CT molecular complexity index is 886. The molecule has 25 heavy (non-hydrogen) atoms. The van der Waals surface area contributed by atoms with E-state index in [4.69, 9.17) is 0 Å². The van der Waals surface area contributed by atoms with E-state index < -0.39 is 10.0 Å². The first-order valence-corrected chi connectivity index (χ1v) is 10.6. The van der Waals surface area contributed by atoms with Gasteiger partial charge in [-0.3, -0.25) is 4.31 Å². The van der Waals surface area contributed by atoms with Crippen LogP contribution in [0.4, 0.5) is 11.4 Å². The molecule has 2 aromatic carbocycles. The first kappa shape index (κ1) is 16.5. The van der Waals surface area contributed by atoms with Gasteiger partial charge in [0.25, 0.3) is 0 Å². The number of nitrogens with zero attached hydrogens (tertiary/aromatic N) is 2. The SMILES string of the molecule is Cc1cccc(CS(=O)(=O)N2CCc3ccc(N4CCCC4)cc32)c1. The van der Waals surface area contributed by atoms with E-state index in [9.17, 15) is 8.42 Å². The molecule has 0 aromatic heterocycles. The fourth-order valence-electron chi connectivity index (χ4n) is 3.89. The molecule has 4 rings (SSSR count). The van der Waals surface area contributed by atoms with Gasteiger partial charge in [-0.15, -0.1) is 0 Å². The maximum atomic E-state index is 13.0. The maximum absolute atomic E-state index is 13.0. The highest BCUT2D eigenvalue weighted by Crippen LogP contribution is 2.35. The number of benzene rings is 2. The van der Waals surface area contributed by atoms with Gasteiger partial charge >= 0.3 is 0 Å². The standard InChI is InChI=1S/C20H24N2O2S/c1-16-5-4-6-17(13-16)15-25(23,24)22-12-9-18-7-8-19(14-20(18)22)21-10-2-3-11-21/h4-8,13-14H,2-3,9-12,15H2,1H3. The summed E-state index contributed by atoms with van der Waals surface area (Å²) in [5.41, 5.74) is 5.09. The second kappa shape index (κ2) is 6.37. The van der Waals surface area contributed by atoms with Crippen molar-refractivity contribution in [3.05, 3.63) is 59.2 Å². The zero-order valence-corrected chi connectivity index (χ0v) is 15.4. The van der Waals surface area contributed by atoms with Gasteiger partial charge in [0.15, 0.2) is 0 Å². The molecule has 1 fully saturated rings. The van der Waals surface area contributed by atoms with Gasteiger partial charge in [0.1, 0.15) is 0 Å². The van der Waals surface area contributed by atoms with E-state index in [2.05, 4.69) is 23.1 Å². The topological polar surface area (TPSA) is 40.6 Å². The zero-order chi connectivity index (χ0) is 17.4. The van der Waals surface area contributed by atoms with Crippen molar-refractivity contribution in [2.45, 2.75) is 31.9 Å². The lowest BCUT2D eigenvalue weighted by atomic mass is 10.1. The van der Waals surface area contributed by atoms with E-state index in [1.807, 2.05) is 31.2 Å². The third kappa shape index (κ3) is 3.25. The van der Waals surface area contributed by atoms with E-state index in [0.29, 0.717) is 6.54 Å². The maximum Gasteiger partial charge on any atom is 0.239 e. The number of rotatable bonds is 4. The van der Waals surface area contributed by atoms with Crippen LogP contribution in [0.25, 0.3) is 0 Å². The van der Waals surface area contributed by atoms with Crippen molar-refractivity contribution in [1.29, 1.82) is 0 Å². The van der Waals surface area contributed by atoms with Crippen molar-refractivity contribution in [2.75, 3.05) is 28.8 Å². The molecule has 5 heteroatoms. The highest BCUT2D eigenvalue weighted by Gasteiger charge is 2.30. The summed E-state index contributed by atoms with van der Waals surface area (Å²) in [6, 6.07) is 14.1. The van der Waals surface area contributed by atoms with Crippen LogP contribution in [0.15, 0.2) is 42.5 Å². The van der Waals surface area contributed by atoms with Crippen LogP contribution < -0.4 is 9.21 Å². The Morgan fingerprint density at radius 1 is 1.00 bits per heavy atom. The Morgan fingerprint density at radius 3 is 2.56 bits per heavy atom. The average molecular weight is 356 g/mol. The van der Waals surface area contributed by atoms with Crippen molar-refractivity contribution in [3.8, 4) is 0 Å². The second-order valence-electron chi connectivity index (χ2n) is 7.07. The normalized spacial score (nSPS) is 17.2. The zero-order valence-electron chi connectivity index (χ0n) is 14.6. The van der Waals surface area contributed by atoms with Crippen molar-refractivity contribution < 1.29 is 8.42 Å². The number of hydrogen-bond acceptors (Lipinski definition) is 3. The van der Waals surface area contributed by atoms with E-state index in [1.54, 1.807) is 4.31 Å². The van der Waals surface area contributed by atoms with Crippen LogP contribution >= 0.6 is 0 Å². The molecule has 4 nitrogen and oxygen atoms in total. The summed E-state index contributed by atoms with van der Waals surface area (Å²) in [5.74, 6) is 0.0576. The number of hydrogen-bond donors (Lipinski definition) is 0. The summed E-state index contributed by atoms with van der Waals surface area (Å²) in [4.78, 5) is 2.35. The minimum atomic E-state index is -3.37. The Morgan fingerprint density at radius 2 is 1.80 bits per heavy atom. The summed E-state index contributed by atoms with van der Waals surface area (Å²) in [5, 5.41) is 0. The Hall–Kier alpha value is -2.01. The van der Waals surface area contributed by atoms with Crippen LogP contribution in [0.1, 0.15) is 29.5 Å². The molecule has 0 atom stereocenters. The van der Waals surface area contributed by atoms with Crippen LogP contribution in [0.2, 0.25) is 0 Å². The molecule has 0 N–H and O–H groups in total. The molecular weight excluding hydrogens is 332 g/mol. The molecule has 0 amide bonds. The lowest BCUT2D eigenvalue weighted by Crippen LogP contribution is -2.30. The molecule has 0 unspecified atom stereocenters. The van der Waals surface area contributed by atoms with E-state index >= 15 is 0 Å². The molecular formula is C20H24N2O2S. The molecule has 0 aliphatic carbocycles. The van der Waals surface area contributed by atoms with Crippen LogP contribution in [0, 0.1) is 6.92 Å². The Balaban J connectivity index is 1.63. The summed E-state index contributed by atoms with van der Waals surface area (Å²) >= 11 is 0. The third-order valence-electron chi connectivity index (χ3n) is 5.16. The minimum Gasteiger partial charge on any atom is -0.371 e. The van der Waals surface area contributed by atoms with Gasteiger partial charge in [-0.2, -0.15) is 0 Å². The quantitative estimate of drug-likeness (QED) is 0.842. The monoisotopic (exact) mass is 356 g/mol. The highest BCUT2D eigenvalue weighted by molar-refractivity contribution is 7.92. The fourth-order valence-corrected chi connectivity index (χ4v) is 5.49. The molecule has 132 valence electrons. The number of anilines is 2. The van der Waals surface area contributed by atoms with Crippen molar-refractivity contribution in [3.63, 3.8) is 0 Å². The molecule has 2 aromatic rings. The van der Waals surface area contributed by atoms with Gasteiger partial charge in [-0.1, -0.05) is 35.9 Å². The summed E-state index contributed by atoms with van der Waals surface area (Å²) in [6.45, 7) is 4.67. The highest BCUT2D eigenvalue weighted by atomic mass is 32.2. The van der Waals surface area contributed by atoms with Gasteiger partial charge in [0.05, 0.1) is 11.4 Å². The Labute approximate surface area is 150 Å². The summed E-state index contributed by atoms with van der Waals surface area (Å²) in [6.07, 6.45) is 3.22. The first-order valence-electron chi connectivity index (χ1n) is 8.97. The van der Waals surface area contributed by atoms with Crippen molar-refractivity contribution in [1.82, 2.24) is 0 Å². The first-order chi connectivity index (χ1) is 12.0. The molecule has 0 spiro atoms. The average Bonchev–Trinajstić information content (AvgIpc) is 3.23. The Kier molecular flexibility index (Phi) is 4.20. The molecule has 2 aliphatic heterocycles. The summed E-state index contributed by atoms with van der Waals surface area (Å²) in [7, 11) is -3.37. The van der Waals surface area contributed by atoms with Crippen LogP contribution in [-0.4, -0.2) is 28.1 Å². The van der Waals surface area contributed by atoms with Crippen molar-refractivity contribution >= 4 is 21.4 Å². The predicted molar refractivity (Wildman–Crippen MR) is 103 cm³/mol. The summed E-state index contributed by atoms with van der Waals surface area (Å²) < 4.78 is 27.7. The second-order valence-corrected chi connectivity index (χ2v) is 8.97. The lowest BCUT2D eigenvalue weighted by Gasteiger charge is -2.23. The fraction of sp³-hybridized carbons (Fsp3) is 0.400. The van der Waals surface area contributed by atoms with Crippen molar-refractivity contribution in [2.24, 2.45) is 0 Å². The van der Waals surface area contributed by atoms with E-state index in [1.165, 1.54) is 12.8 Å². The minimum absolute atomic E-state index is 0.0576. The molecule has 2 aliphatic rings. The molecule has 0 saturated carbocycles. The van der Waals surface area contributed by atoms with E-state index in [-0.39, 0.29) is 5.75 Å². The third-order valence-corrected chi connectivity index (χ3v) is 6.91. The van der Waals surface area contributed by atoms with E-state index in [0.717, 1.165) is 47.6 Å².